The van der Waals surface area contributed by atoms with Crippen molar-refractivity contribution in [2.24, 2.45) is 0 Å². The van der Waals surface area contributed by atoms with Crippen molar-refractivity contribution >= 4 is 0 Å². The van der Waals surface area contributed by atoms with E-state index in [1.54, 1.807) is 6.07 Å². The molecule has 0 N–H and O–H groups in total. The van der Waals surface area contributed by atoms with E-state index in [-0.39, 0.29) is 5.56 Å². The maximum absolute atomic E-state index is 13.3. The Labute approximate surface area is 164 Å². The highest BCUT2D eigenvalue weighted by molar-refractivity contribution is 5.66. The largest absolute Gasteiger partial charge is 0.416 e. The van der Waals surface area contributed by atoms with Crippen LogP contribution in [0.1, 0.15) is 27.8 Å². The summed E-state index contributed by atoms with van der Waals surface area (Å²) < 4.78 is 78.3. The van der Waals surface area contributed by atoms with Gasteiger partial charge in [0.15, 0.2) is 0 Å². The SMILES string of the molecule is Cc1ccc(CCc2cc(-c3ccc(C(F)(F)F)cc3)cc(C(F)(F)F)c2)cc1. The molecule has 3 aromatic rings. The fraction of sp³-hybridized carbons (Fsp3) is 0.217. The van der Waals surface area contributed by atoms with E-state index in [1.165, 1.54) is 12.1 Å². The second-order valence-electron chi connectivity index (χ2n) is 6.98. The fourth-order valence-corrected chi connectivity index (χ4v) is 3.06. The molecular formula is C23H18F6. The average molecular weight is 408 g/mol. The van der Waals surface area contributed by atoms with Gasteiger partial charge < -0.3 is 0 Å². The molecule has 3 aromatic carbocycles. The van der Waals surface area contributed by atoms with Crippen LogP contribution >= 0.6 is 0 Å². The monoisotopic (exact) mass is 408 g/mol. The maximum Gasteiger partial charge on any atom is 0.416 e. The molecule has 0 amide bonds. The molecule has 0 aliphatic rings. The highest BCUT2D eigenvalue weighted by Crippen LogP contribution is 2.35. The van der Waals surface area contributed by atoms with Crippen LogP contribution in [0, 0.1) is 6.92 Å². The van der Waals surface area contributed by atoms with Gasteiger partial charge in [0.1, 0.15) is 0 Å². The number of alkyl halides is 6. The molecule has 3 rings (SSSR count). The van der Waals surface area contributed by atoms with Gasteiger partial charge in [-0.15, -0.1) is 0 Å². The minimum absolute atomic E-state index is 0.243. The van der Waals surface area contributed by atoms with Gasteiger partial charge in [-0.05, 0) is 66.3 Å². The molecule has 0 saturated heterocycles. The maximum atomic E-state index is 13.3. The summed E-state index contributed by atoms with van der Waals surface area (Å²) in [7, 11) is 0. The van der Waals surface area contributed by atoms with Crippen LogP contribution in [0.2, 0.25) is 0 Å². The number of rotatable bonds is 4. The molecule has 0 aliphatic heterocycles. The zero-order valence-corrected chi connectivity index (χ0v) is 15.5. The molecule has 0 fully saturated rings. The molecule has 0 heterocycles. The average Bonchev–Trinajstić information content (AvgIpc) is 2.66. The Bertz CT molecular complexity index is 964. The van der Waals surface area contributed by atoms with Crippen molar-refractivity contribution in [3.63, 3.8) is 0 Å². The lowest BCUT2D eigenvalue weighted by Crippen LogP contribution is -2.07. The summed E-state index contributed by atoms with van der Waals surface area (Å²) in [5.74, 6) is 0. The molecule has 0 bridgehead atoms. The van der Waals surface area contributed by atoms with E-state index in [0.717, 1.165) is 35.4 Å². The van der Waals surface area contributed by atoms with Crippen LogP contribution in [0.25, 0.3) is 11.1 Å². The first-order valence-corrected chi connectivity index (χ1v) is 8.97. The normalized spacial score (nSPS) is 12.2. The smallest absolute Gasteiger partial charge is 0.166 e. The van der Waals surface area contributed by atoms with Gasteiger partial charge >= 0.3 is 12.4 Å². The van der Waals surface area contributed by atoms with Gasteiger partial charge in [0, 0.05) is 0 Å². The van der Waals surface area contributed by atoms with Gasteiger partial charge in [-0.2, -0.15) is 26.3 Å². The summed E-state index contributed by atoms with van der Waals surface area (Å²) in [5, 5.41) is 0. The molecule has 6 heteroatoms. The number of hydrogen-bond donors (Lipinski definition) is 0. The predicted molar refractivity (Wildman–Crippen MR) is 100 cm³/mol. The minimum Gasteiger partial charge on any atom is -0.166 e. The number of halogens is 6. The highest BCUT2D eigenvalue weighted by Gasteiger charge is 2.32. The van der Waals surface area contributed by atoms with Crippen LogP contribution in [0.3, 0.4) is 0 Å². The predicted octanol–water partition coefficient (Wildman–Crippen LogP) is 7.48. The van der Waals surface area contributed by atoms with Crippen molar-refractivity contribution in [2.75, 3.05) is 0 Å². The number of benzene rings is 3. The molecule has 0 unspecified atom stereocenters. The third-order valence-electron chi connectivity index (χ3n) is 4.69. The Morgan fingerprint density at radius 3 is 1.66 bits per heavy atom. The second kappa shape index (κ2) is 7.93. The van der Waals surface area contributed by atoms with Crippen LogP contribution in [-0.4, -0.2) is 0 Å². The molecule has 152 valence electrons. The number of aryl methyl sites for hydroxylation is 3. The van der Waals surface area contributed by atoms with E-state index in [1.807, 2.05) is 31.2 Å². The number of hydrogen-bond acceptors (Lipinski definition) is 0. The van der Waals surface area contributed by atoms with E-state index in [4.69, 9.17) is 0 Å². The van der Waals surface area contributed by atoms with Crippen molar-refractivity contribution in [2.45, 2.75) is 32.1 Å². The van der Waals surface area contributed by atoms with Gasteiger partial charge in [0.2, 0.25) is 0 Å². The van der Waals surface area contributed by atoms with Gasteiger partial charge in [-0.3, -0.25) is 0 Å². The Hall–Kier alpha value is -2.76. The van der Waals surface area contributed by atoms with Crippen LogP contribution in [0.5, 0.6) is 0 Å². The lowest BCUT2D eigenvalue weighted by atomic mass is 9.95. The molecule has 29 heavy (non-hydrogen) atoms. The Balaban J connectivity index is 1.92. The third-order valence-corrected chi connectivity index (χ3v) is 4.69. The Morgan fingerprint density at radius 2 is 1.10 bits per heavy atom. The van der Waals surface area contributed by atoms with E-state index in [0.29, 0.717) is 24.0 Å². The molecular weight excluding hydrogens is 390 g/mol. The zero-order chi connectivity index (χ0) is 21.2. The summed E-state index contributed by atoms with van der Waals surface area (Å²) in [6, 6.07) is 15.6. The summed E-state index contributed by atoms with van der Waals surface area (Å²) in [4.78, 5) is 0. The molecule has 0 radical (unpaired) electrons. The molecule has 0 aliphatic carbocycles. The lowest BCUT2D eigenvalue weighted by Gasteiger charge is -2.14. The van der Waals surface area contributed by atoms with Crippen molar-refractivity contribution in [1.29, 1.82) is 0 Å². The first-order valence-electron chi connectivity index (χ1n) is 8.97. The lowest BCUT2D eigenvalue weighted by molar-refractivity contribution is -0.138. The fourth-order valence-electron chi connectivity index (χ4n) is 3.06. The van der Waals surface area contributed by atoms with E-state index < -0.39 is 23.5 Å². The van der Waals surface area contributed by atoms with Crippen molar-refractivity contribution in [3.05, 3.63) is 94.5 Å². The highest BCUT2D eigenvalue weighted by atomic mass is 19.4. The van der Waals surface area contributed by atoms with E-state index >= 15 is 0 Å². The minimum atomic E-state index is -4.54. The van der Waals surface area contributed by atoms with Gasteiger partial charge in [0.05, 0.1) is 11.1 Å². The standard InChI is InChI=1S/C23H18F6/c1-15-2-4-16(5-3-15)6-7-17-12-19(14-21(13-17)23(27,28)29)18-8-10-20(11-9-18)22(24,25)26/h2-5,8-14H,6-7H2,1H3. The van der Waals surface area contributed by atoms with Crippen LogP contribution in [0.15, 0.2) is 66.7 Å². The summed E-state index contributed by atoms with van der Waals surface area (Å²) in [5.41, 5.74) is 1.48. The first-order chi connectivity index (χ1) is 13.5. The van der Waals surface area contributed by atoms with E-state index in [9.17, 15) is 26.3 Å². The quantitative estimate of drug-likeness (QED) is 0.393. The molecule has 0 nitrogen and oxygen atoms in total. The van der Waals surface area contributed by atoms with Crippen molar-refractivity contribution in [1.82, 2.24) is 0 Å². The van der Waals surface area contributed by atoms with Crippen LogP contribution < -0.4 is 0 Å². The summed E-state index contributed by atoms with van der Waals surface area (Å²) >= 11 is 0. The van der Waals surface area contributed by atoms with Gasteiger partial charge in [-0.25, -0.2) is 0 Å². The molecule has 0 atom stereocenters. The first kappa shape index (κ1) is 21.0. The van der Waals surface area contributed by atoms with Gasteiger partial charge in [-0.1, -0.05) is 48.0 Å². The topological polar surface area (TPSA) is 0 Å². The second-order valence-corrected chi connectivity index (χ2v) is 6.98. The molecule has 0 aromatic heterocycles. The van der Waals surface area contributed by atoms with Gasteiger partial charge in [0.25, 0.3) is 0 Å². The molecule has 0 spiro atoms. The third kappa shape index (κ3) is 5.40. The van der Waals surface area contributed by atoms with Crippen molar-refractivity contribution in [3.8, 4) is 11.1 Å². The summed E-state index contributed by atoms with van der Waals surface area (Å²) in [6.07, 6.45) is -8.08. The Morgan fingerprint density at radius 1 is 0.552 bits per heavy atom. The van der Waals surface area contributed by atoms with Crippen LogP contribution in [0.4, 0.5) is 26.3 Å². The molecule has 0 saturated carbocycles. The Kier molecular flexibility index (Phi) is 5.73. The van der Waals surface area contributed by atoms with Crippen LogP contribution in [-0.2, 0) is 25.2 Å². The van der Waals surface area contributed by atoms with Crippen molar-refractivity contribution < 1.29 is 26.3 Å². The zero-order valence-electron chi connectivity index (χ0n) is 15.5. The van der Waals surface area contributed by atoms with E-state index in [2.05, 4.69) is 0 Å². The summed E-state index contributed by atoms with van der Waals surface area (Å²) in [6.45, 7) is 1.95.